The second-order valence-corrected chi connectivity index (χ2v) is 3.67. The molecule has 0 saturated carbocycles. The average Bonchev–Trinajstić information content (AvgIpc) is 2.60. The zero-order chi connectivity index (χ0) is 11.1. The lowest BCUT2D eigenvalue weighted by Gasteiger charge is -2.12. The fourth-order valence-electron chi connectivity index (χ4n) is 1.51. The summed E-state index contributed by atoms with van der Waals surface area (Å²) >= 11 is 0. The molecule has 4 nitrogen and oxygen atoms in total. The highest BCUT2D eigenvalue weighted by Crippen LogP contribution is 1.96. The van der Waals surface area contributed by atoms with Crippen molar-refractivity contribution in [2.24, 2.45) is 7.05 Å². The molecule has 1 N–H and O–H groups in total. The van der Waals surface area contributed by atoms with Gasteiger partial charge in [-0.3, -0.25) is 4.68 Å². The molecule has 0 aliphatic heterocycles. The maximum atomic E-state index is 5.42. The lowest BCUT2D eigenvalue weighted by atomic mass is 10.3. The Bertz CT molecular complexity index is 273. The molecule has 1 unspecified atom stereocenters. The smallest absolute Gasteiger partial charge is 0.0671 e. The summed E-state index contributed by atoms with van der Waals surface area (Å²) in [6.07, 6.45) is 3.13. The van der Waals surface area contributed by atoms with E-state index in [9.17, 15) is 0 Å². The van der Waals surface area contributed by atoms with E-state index < -0.39 is 0 Å². The zero-order valence-corrected chi connectivity index (χ0v) is 9.86. The van der Waals surface area contributed by atoms with Gasteiger partial charge >= 0.3 is 0 Å². The summed E-state index contributed by atoms with van der Waals surface area (Å²) in [6.45, 7) is 6.76. The Morgan fingerprint density at radius 2 is 2.40 bits per heavy atom. The summed E-state index contributed by atoms with van der Waals surface area (Å²) in [5, 5.41) is 7.49. The third-order valence-corrected chi connectivity index (χ3v) is 2.36. The van der Waals surface area contributed by atoms with Crippen molar-refractivity contribution < 1.29 is 4.74 Å². The predicted octanol–water partition coefficient (Wildman–Crippen LogP) is 0.977. The quantitative estimate of drug-likeness (QED) is 0.683. The van der Waals surface area contributed by atoms with Crippen LogP contribution in [0.5, 0.6) is 0 Å². The second kappa shape index (κ2) is 6.58. The number of hydrogen-bond acceptors (Lipinski definition) is 3. The molecule has 0 fully saturated rings. The lowest BCUT2D eigenvalue weighted by molar-refractivity contribution is 0.0763. The maximum absolute atomic E-state index is 5.42. The molecule has 0 aliphatic carbocycles. The first-order valence-corrected chi connectivity index (χ1v) is 5.53. The number of hydrogen-bond donors (Lipinski definition) is 1. The Morgan fingerprint density at radius 3 is 3.00 bits per heavy atom. The minimum atomic E-state index is 0.293. The van der Waals surface area contributed by atoms with Crippen LogP contribution in [0.1, 0.15) is 19.5 Å². The van der Waals surface area contributed by atoms with Gasteiger partial charge in [-0.15, -0.1) is 0 Å². The molecule has 0 radical (unpaired) electrons. The molecule has 1 rings (SSSR count). The predicted molar refractivity (Wildman–Crippen MR) is 60.9 cm³/mol. The van der Waals surface area contributed by atoms with E-state index in [0.29, 0.717) is 6.10 Å². The number of nitrogens with one attached hydrogen (secondary N) is 1. The first kappa shape index (κ1) is 12.2. The Morgan fingerprint density at radius 1 is 1.60 bits per heavy atom. The van der Waals surface area contributed by atoms with Gasteiger partial charge in [0, 0.05) is 45.1 Å². The fourth-order valence-corrected chi connectivity index (χ4v) is 1.51. The van der Waals surface area contributed by atoms with Crippen molar-refractivity contribution in [3.8, 4) is 0 Å². The van der Waals surface area contributed by atoms with Crippen molar-refractivity contribution >= 4 is 0 Å². The molecule has 0 saturated heterocycles. The van der Waals surface area contributed by atoms with Gasteiger partial charge in [0.25, 0.3) is 0 Å². The normalized spacial score (nSPS) is 13.0. The van der Waals surface area contributed by atoms with Crippen molar-refractivity contribution in [3.05, 3.63) is 18.0 Å². The van der Waals surface area contributed by atoms with E-state index in [4.69, 9.17) is 4.74 Å². The van der Waals surface area contributed by atoms with Crippen molar-refractivity contribution in [1.82, 2.24) is 15.1 Å². The minimum absolute atomic E-state index is 0.293. The van der Waals surface area contributed by atoms with Crippen LogP contribution in [-0.4, -0.2) is 35.6 Å². The molecule has 1 aromatic rings. The molecule has 86 valence electrons. The maximum Gasteiger partial charge on any atom is 0.0671 e. The van der Waals surface area contributed by atoms with E-state index in [1.54, 1.807) is 0 Å². The molecule has 0 aromatic carbocycles. The van der Waals surface area contributed by atoms with Gasteiger partial charge in [-0.05, 0) is 19.9 Å². The molecule has 0 spiro atoms. The molecule has 0 bridgehead atoms. The lowest BCUT2D eigenvalue weighted by Crippen LogP contribution is -2.28. The molecule has 15 heavy (non-hydrogen) atoms. The van der Waals surface area contributed by atoms with Crippen LogP contribution in [0.15, 0.2) is 12.3 Å². The highest BCUT2D eigenvalue weighted by molar-refractivity contribution is 5.00. The number of nitrogens with zero attached hydrogens (tertiary/aromatic N) is 2. The fraction of sp³-hybridized carbons (Fsp3) is 0.727. The van der Waals surface area contributed by atoms with Crippen LogP contribution in [0.3, 0.4) is 0 Å². The van der Waals surface area contributed by atoms with Gasteiger partial charge in [-0.25, -0.2) is 0 Å². The van der Waals surface area contributed by atoms with Crippen LogP contribution in [0.2, 0.25) is 0 Å². The molecule has 0 amide bonds. The van der Waals surface area contributed by atoms with E-state index >= 15 is 0 Å². The van der Waals surface area contributed by atoms with Crippen LogP contribution in [-0.2, 0) is 18.2 Å². The Kier molecular flexibility index (Phi) is 5.36. The van der Waals surface area contributed by atoms with Gasteiger partial charge in [0.05, 0.1) is 6.10 Å². The SMILES string of the molecule is CCOC(C)CNCCc1ccnn1C. The van der Waals surface area contributed by atoms with Gasteiger partial charge in [0.2, 0.25) is 0 Å². The van der Waals surface area contributed by atoms with Gasteiger partial charge in [0.15, 0.2) is 0 Å². The van der Waals surface area contributed by atoms with Crippen LogP contribution in [0.25, 0.3) is 0 Å². The summed E-state index contributed by atoms with van der Waals surface area (Å²) in [5.41, 5.74) is 1.26. The summed E-state index contributed by atoms with van der Waals surface area (Å²) in [6, 6.07) is 2.05. The average molecular weight is 211 g/mol. The van der Waals surface area contributed by atoms with Gasteiger partial charge < -0.3 is 10.1 Å². The van der Waals surface area contributed by atoms with Crippen LogP contribution in [0, 0.1) is 0 Å². The Labute approximate surface area is 91.6 Å². The van der Waals surface area contributed by atoms with Gasteiger partial charge in [-0.2, -0.15) is 5.10 Å². The van der Waals surface area contributed by atoms with Crippen LogP contribution < -0.4 is 5.32 Å². The first-order chi connectivity index (χ1) is 7.24. The largest absolute Gasteiger partial charge is 0.377 e. The van der Waals surface area contributed by atoms with E-state index in [0.717, 1.165) is 26.1 Å². The molecular formula is C11H21N3O. The van der Waals surface area contributed by atoms with Crippen LogP contribution in [0.4, 0.5) is 0 Å². The summed E-state index contributed by atoms with van der Waals surface area (Å²) in [5.74, 6) is 0. The third-order valence-electron chi connectivity index (χ3n) is 2.36. The van der Waals surface area contributed by atoms with Crippen LogP contribution >= 0.6 is 0 Å². The van der Waals surface area contributed by atoms with E-state index in [2.05, 4.69) is 17.3 Å². The van der Waals surface area contributed by atoms with Gasteiger partial charge in [-0.1, -0.05) is 0 Å². The summed E-state index contributed by atoms with van der Waals surface area (Å²) < 4.78 is 7.33. The molecule has 4 heteroatoms. The molecule has 0 aliphatic rings. The number of rotatable bonds is 7. The molecule has 1 atom stereocenters. The number of aryl methyl sites for hydroxylation is 1. The van der Waals surface area contributed by atoms with E-state index in [1.807, 2.05) is 30.9 Å². The molecule has 1 heterocycles. The topological polar surface area (TPSA) is 39.1 Å². The Hall–Kier alpha value is -0.870. The number of aromatic nitrogens is 2. The summed E-state index contributed by atoms with van der Waals surface area (Å²) in [4.78, 5) is 0. The van der Waals surface area contributed by atoms with Crippen molar-refractivity contribution in [2.75, 3.05) is 19.7 Å². The van der Waals surface area contributed by atoms with Crippen molar-refractivity contribution in [1.29, 1.82) is 0 Å². The first-order valence-electron chi connectivity index (χ1n) is 5.53. The molecular weight excluding hydrogens is 190 g/mol. The standard InChI is InChI=1S/C11H21N3O/c1-4-15-10(2)9-12-7-5-11-6-8-13-14(11)3/h6,8,10,12H,4-5,7,9H2,1-3H3. The highest BCUT2D eigenvalue weighted by atomic mass is 16.5. The van der Waals surface area contributed by atoms with E-state index in [1.165, 1.54) is 5.69 Å². The van der Waals surface area contributed by atoms with Crippen molar-refractivity contribution in [3.63, 3.8) is 0 Å². The van der Waals surface area contributed by atoms with Crippen molar-refractivity contribution in [2.45, 2.75) is 26.4 Å². The summed E-state index contributed by atoms with van der Waals surface area (Å²) in [7, 11) is 1.97. The van der Waals surface area contributed by atoms with E-state index in [-0.39, 0.29) is 0 Å². The van der Waals surface area contributed by atoms with Gasteiger partial charge in [0.1, 0.15) is 0 Å². The minimum Gasteiger partial charge on any atom is -0.377 e. The highest BCUT2D eigenvalue weighted by Gasteiger charge is 2.01. The monoisotopic (exact) mass is 211 g/mol. The zero-order valence-electron chi connectivity index (χ0n) is 9.86. The second-order valence-electron chi connectivity index (χ2n) is 3.67. The third kappa shape index (κ3) is 4.44. The Balaban J connectivity index is 2.09. The number of ether oxygens (including phenoxy) is 1. The molecule has 1 aromatic heterocycles.